The number of aliphatic carboxylic acids is 1. The molecule has 0 amide bonds. The minimum absolute atomic E-state index is 0.103. The Labute approximate surface area is 123 Å². The molecule has 0 aromatic heterocycles. The van der Waals surface area contributed by atoms with Crippen molar-refractivity contribution in [2.24, 2.45) is 5.41 Å². The van der Waals surface area contributed by atoms with Crippen molar-refractivity contribution in [2.75, 3.05) is 14.2 Å². The van der Waals surface area contributed by atoms with E-state index in [1.54, 1.807) is 14.2 Å². The van der Waals surface area contributed by atoms with Gasteiger partial charge in [-0.15, -0.1) is 0 Å². The van der Waals surface area contributed by atoms with Crippen LogP contribution in [0.5, 0.6) is 11.5 Å². The Kier molecular flexibility index (Phi) is 3.53. The maximum atomic E-state index is 11.9. The lowest BCUT2D eigenvalue weighted by Crippen LogP contribution is -2.42. The van der Waals surface area contributed by atoms with Crippen molar-refractivity contribution in [1.29, 1.82) is 0 Å². The second-order valence-electron chi connectivity index (χ2n) is 5.86. The zero-order valence-electron chi connectivity index (χ0n) is 12.3. The second-order valence-corrected chi connectivity index (χ2v) is 5.86. The van der Waals surface area contributed by atoms with Crippen LogP contribution in [0.1, 0.15) is 24.8 Å². The lowest BCUT2D eigenvalue weighted by Gasteiger charge is -2.31. The molecule has 21 heavy (non-hydrogen) atoms. The fourth-order valence-electron chi connectivity index (χ4n) is 3.64. The number of methoxy groups -OCH3 is 2. The van der Waals surface area contributed by atoms with Gasteiger partial charge in [-0.2, -0.15) is 0 Å². The topological polar surface area (TPSA) is 65.0 Å². The van der Waals surface area contributed by atoms with Gasteiger partial charge in [-0.1, -0.05) is 6.07 Å². The summed E-state index contributed by atoms with van der Waals surface area (Å²) in [6.07, 6.45) is 2.81. The van der Waals surface area contributed by atoms with Gasteiger partial charge in [0.05, 0.1) is 26.4 Å². The Morgan fingerprint density at radius 3 is 2.62 bits per heavy atom. The van der Waals surface area contributed by atoms with Gasteiger partial charge >= 0.3 is 5.97 Å². The first-order chi connectivity index (χ1) is 10.1. The predicted molar refractivity (Wildman–Crippen MR) is 75.8 cm³/mol. The Morgan fingerprint density at radius 2 is 2.10 bits per heavy atom. The first-order valence-electron chi connectivity index (χ1n) is 7.19. The number of ether oxygens (including phenoxy) is 3. The minimum Gasteiger partial charge on any atom is -0.493 e. The molecule has 1 aromatic rings. The van der Waals surface area contributed by atoms with E-state index in [2.05, 4.69) is 0 Å². The third-order valence-corrected chi connectivity index (χ3v) is 4.71. The molecule has 2 aliphatic heterocycles. The van der Waals surface area contributed by atoms with Crippen molar-refractivity contribution in [3.8, 4) is 11.5 Å². The van der Waals surface area contributed by atoms with Gasteiger partial charge in [0.25, 0.3) is 0 Å². The van der Waals surface area contributed by atoms with Gasteiger partial charge in [0, 0.05) is 0 Å². The number of hydrogen-bond acceptors (Lipinski definition) is 4. The third-order valence-electron chi connectivity index (χ3n) is 4.71. The van der Waals surface area contributed by atoms with E-state index in [1.807, 2.05) is 18.2 Å². The molecule has 0 spiro atoms. The van der Waals surface area contributed by atoms with Gasteiger partial charge in [-0.25, -0.2) is 0 Å². The van der Waals surface area contributed by atoms with Gasteiger partial charge in [0.2, 0.25) is 0 Å². The first kappa shape index (κ1) is 14.2. The van der Waals surface area contributed by atoms with E-state index in [9.17, 15) is 9.90 Å². The van der Waals surface area contributed by atoms with Crippen LogP contribution in [0.4, 0.5) is 0 Å². The van der Waals surface area contributed by atoms with Crippen molar-refractivity contribution >= 4 is 5.97 Å². The van der Waals surface area contributed by atoms with Crippen LogP contribution >= 0.6 is 0 Å². The van der Waals surface area contributed by atoms with Gasteiger partial charge in [0.15, 0.2) is 11.5 Å². The van der Waals surface area contributed by atoms with Crippen LogP contribution in [0.15, 0.2) is 18.2 Å². The molecule has 0 radical (unpaired) electrons. The zero-order valence-corrected chi connectivity index (χ0v) is 12.3. The maximum absolute atomic E-state index is 11.9. The van der Waals surface area contributed by atoms with Crippen LogP contribution in [-0.2, 0) is 16.0 Å². The second kappa shape index (κ2) is 5.22. The van der Waals surface area contributed by atoms with Crippen LogP contribution in [-0.4, -0.2) is 37.5 Å². The van der Waals surface area contributed by atoms with Crippen molar-refractivity contribution in [2.45, 2.75) is 37.9 Å². The fraction of sp³-hybridized carbons (Fsp3) is 0.562. The van der Waals surface area contributed by atoms with Crippen molar-refractivity contribution in [1.82, 2.24) is 0 Å². The van der Waals surface area contributed by atoms with Crippen molar-refractivity contribution in [3.05, 3.63) is 23.8 Å². The first-order valence-corrected chi connectivity index (χ1v) is 7.19. The van der Waals surface area contributed by atoms with Crippen LogP contribution in [0, 0.1) is 5.41 Å². The Bertz CT molecular complexity index is 556. The number of carboxylic acids is 1. The zero-order chi connectivity index (χ0) is 15.0. The molecule has 3 unspecified atom stereocenters. The molecule has 2 fully saturated rings. The lowest BCUT2D eigenvalue weighted by atomic mass is 9.70. The molecule has 2 heterocycles. The molecule has 114 valence electrons. The summed E-state index contributed by atoms with van der Waals surface area (Å²) in [7, 11) is 3.16. The predicted octanol–water partition coefficient (Wildman–Crippen LogP) is 2.27. The number of fused-ring (bicyclic) bond motifs is 2. The molecular weight excluding hydrogens is 272 g/mol. The highest BCUT2D eigenvalue weighted by Gasteiger charge is 2.57. The van der Waals surface area contributed by atoms with Crippen LogP contribution in [0.3, 0.4) is 0 Å². The van der Waals surface area contributed by atoms with Crippen LogP contribution in [0.25, 0.3) is 0 Å². The smallest absolute Gasteiger partial charge is 0.312 e. The molecule has 2 saturated heterocycles. The van der Waals surface area contributed by atoms with E-state index in [1.165, 1.54) is 0 Å². The fourth-order valence-corrected chi connectivity index (χ4v) is 3.64. The number of rotatable bonds is 5. The Balaban J connectivity index is 1.89. The number of carboxylic acid groups (broad SMARTS) is 1. The molecule has 0 aliphatic carbocycles. The number of benzene rings is 1. The van der Waals surface area contributed by atoms with Crippen molar-refractivity contribution in [3.63, 3.8) is 0 Å². The highest BCUT2D eigenvalue weighted by Crippen LogP contribution is 2.50. The molecular formula is C16H20O5. The van der Waals surface area contributed by atoms with Crippen LogP contribution in [0.2, 0.25) is 0 Å². The molecule has 1 N–H and O–H groups in total. The van der Waals surface area contributed by atoms with E-state index >= 15 is 0 Å². The summed E-state index contributed by atoms with van der Waals surface area (Å²) in [4.78, 5) is 11.9. The van der Waals surface area contributed by atoms with Gasteiger partial charge in [0.1, 0.15) is 5.41 Å². The van der Waals surface area contributed by atoms with E-state index in [4.69, 9.17) is 14.2 Å². The summed E-state index contributed by atoms with van der Waals surface area (Å²) in [5, 5.41) is 9.74. The summed E-state index contributed by atoms with van der Waals surface area (Å²) >= 11 is 0. The number of carbonyl (C=O) groups is 1. The largest absolute Gasteiger partial charge is 0.493 e. The summed E-state index contributed by atoms with van der Waals surface area (Å²) in [6.45, 7) is 0. The molecule has 5 heteroatoms. The highest BCUT2D eigenvalue weighted by molar-refractivity contribution is 5.77. The van der Waals surface area contributed by atoms with Gasteiger partial charge in [-0.05, 0) is 43.4 Å². The summed E-state index contributed by atoms with van der Waals surface area (Å²) in [5.41, 5.74) is 0.133. The molecule has 3 rings (SSSR count). The highest BCUT2D eigenvalue weighted by atomic mass is 16.5. The van der Waals surface area contributed by atoms with E-state index < -0.39 is 11.4 Å². The average molecular weight is 292 g/mol. The SMILES string of the molecule is COc1ccc(CC2(C(=O)O)CC3CCC2O3)cc1OC. The Morgan fingerprint density at radius 1 is 1.33 bits per heavy atom. The molecule has 1 aromatic carbocycles. The van der Waals surface area contributed by atoms with E-state index in [-0.39, 0.29) is 12.2 Å². The van der Waals surface area contributed by atoms with E-state index in [0.717, 1.165) is 18.4 Å². The third kappa shape index (κ3) is 2.25. The Hall–Kier alpha value is -1.75. The van der Waals surface area contributed by atoms with E-state index in [0.29, 0.717) is 24.3 Å². The quantitative estimate of drug-likeness (QED) is 0.902. The minimum atomic E-state index is -0.803. The molecule has 2 bridgehead atoms. The number of hydrogen-bond donors (Lipinski definition) is 1. The normalized spacial score (nSPS) is 30.4. The molecule has 0 saturated carbocycles. The monoisotopic (exact) mass is 292 g/mol. The van der Waals surface area contributed by atoms with Gasteiger partial charge in [-0.3, -0.25) is 4.79 Å². The molecule has 3 atom stereocenters. The van der Waals surface area contributed by atoms with Crippen LogP contribution < -0.4 is 9.47 Å². The summed E-state index contributed by atoms with van der Waals surface area (Å²) in [6, 6.07) is 5.57. The summed E-state index contributed by atoms with van der Waals surface area (Å²) < 4.78 is 16.3. The van der Waals surface area contributed by atoms with Gasteiger partial charge < -0.3 is 19.3 Å². The standard InChI is InChI=1S/C16H20O5/c1-19-12-5-3-10(7-13(12)20-2)8-16(15(17)18)9-11-4-6-14(16)21-11/h3,5,7,11,14H,4,6,8-9H2,1-2H3,(H,17,18). The maximum Gasteiger partial charge on any atom is 0.312 e. The molecule has 2 aliphatic rings. The summed E-state index contributed by atoms with van der Waals surface area (Å²) in [5.74, 6) is 0.513. The average Bonchev–Trinajstić information content (AvgIpc) is 3.08. The lowest BCUT2D eigenvalue weighted by molar-refractivity contribution is -0.152. The molecule has 5 nitrogen and oxygen atoms in total. The van der Waals surface area contributed by atoms with Crippen molar-refractivity contribution < 1.29 is 24.1 Å².